The van der Waals surface area contributed by atoms with Crippen molar-refractivity contribution in [2.24, 2.45) is 5.73 Å². The van der Waals surface area contributed by atoms with E-state index in [1.807, 2.05) is 0 Å². The van der Waals surface area contributed by atoms with Crippen molar-refractivity contribution in [2.45, 2.75) is 19.9 Å². The van der Waals surface area contributed by atoms with Gasteiger partial charge < -0.3 is 5.73 Å². The summed E-state index contributed by atoms with van der Waals surface area (Å²) in [5.41, 5.74) is 6.68. The Morgan fingerprint density at radius 2 is 2.23 bits per heavy atom. The van der Waals surface area contributed by atoms with Gasteiger partial charge in [0.05, 0.1) is 0 Å². The molecule has 0 aliphatic carbocycles. The van der Waals surface area contributed by atoms with E-state index in [2.05, 4.69) is 20.9 Å². The molecule has 13 heavy (non-hydrogen) atoms. The number of hydrogen-bond acceptors (Lipinski definition) is 2. The van der Waals surface area contributed by atoms with Crippen LogP contribution in [0.15, 0.2) is 10.7 Å². The first-order valence-electron chi connectivity index (χ1n) is 3.70. The van der Waals surface area contributed by atoms with Gasteiger partial charge in [-0.3, -0.25) is 4.98 Å². The van der Waals surface area contributed by atoms with Crippen LogP contribution in [0.5, 0.6) is 0 Å². The normalized spacial score (nSPS) is 10.9. The molecule has 0 aliphatic rings. The fraction of sp³-hybridized carbons (Fsp3) is 0.375. The average Bonchev–Trinajstić information content (AvgIpc) is 2.04. The summed E-state index contributed by atoms with van der Waals surface area (Å²) >= 11 is 3.07. The predicted octanol–water partition coefficient (Wildman–Crippen LogP) is 2.55. The molecule has 0 bridgehead atoms. The minimum absolute atomic E-state index is 0.231. The van der Waals surface area contributed by atoms with Crippen molar-refractivity contribution in [1.82, 2.24) is 4.98 Å². The van der Waals surface area contributed by atoms with Crippen LogP contribution in [0.3, 0.4) is 0 Å². The van der Waals surface area contributed by atoms with E-state index in [1.165, 1.54) is 6.20 Å². The summed E-state index contributed by atoms with van der Waals surface area (Å²) in [5.74, 6) is 0. The molecule has 5 heteroatoms. The van der Waals surface area contributed by atoms with Gasteiger partial charge in [0, 0.05) is 17.2 Å². The van der Waals surface area contributed by atoms with E-state index < -0.39 is 6.43 Å². The highest BCUT2D eigenvalue weighted by Gasteiger charge is 2.16. The molecule has 0 spiro atoms. The second-order valence-electron chi connectivity index (χ2n) is 2.62. The summed E-state index contributed by atoms with van der Waals surface area (Å²) < 4.78 is 25.0. The quantitative estimate of drug-likeness (QED) is 0.877. The monoisotopic (exact) mass is 250 g/mol. The first-order chi connectivity index (χ1) is 6.07. The summed E-state index contributed by atoms with van der Waals surface area (Å²) in [7, 11) is 0. The standard InChI is InChI=1S/C8H9BrF2N2/c1-4-3-13-7(8(10)11)6(9)5(4)2-12/h3,8H,2,12H2,1H3. The summed E-state index contributed by atoms with van der Waals surface area (Å²) in [5, 5.41) is 0. The number of hydrogen-bond donors (Lipinski definition) is 1. The Morgan fingerprint density at radius 3 is 2.69 bits per heavy atom. The van der Waals surface area contributed by atoms with Gasteiger partial charge in [0.25, 0.3) is 6.43 Å². The zero-order valence-electron chi connectivity index (χ0n) is 7.02. The van der Waals surface area contributed by atoms with E-state index in [4.69, 9.17) is 5.73 Å². The van der Waals surface area contributed by atoms with E-state index >= 15 is 0 Å². The molecule has 0 saturated heterocycles. The molecule has 0 saturated carbocycles. The first-order valence-corrected chi connectivity index (χ1v) is 4.49. The van der Waals surface area contributed by atoms with Gasteiger partial charge in [0.15, 0.2) is 0 Å². The fourth-order valence-corrected chi connectivity index (χ4v) is 1.78. The van der Waals surface area contributed by atoms with Gasteiger partial charge >= 0.3 is 0 Å². The topological polar surface area (TPSA) is 38.9 Å². The highest BCUT2D eigenvalue weighted by atomic mass is 79.9. The first kappa shape index (κ1) is 10.5. The van der Waals surface area contributed by atoms with Crippen LogP contribution >= 0.6 is 15.9 Å². The van der Waals surface area contributed by atoms with Crippen molar-refractivity contribution in [3.05, 3.63) is 27.5 Å². The molecule has 0 aromatic carbocycles. The number of rotatable bonds is 2. The molecule has 0 radical (unpaired) electrons. The van der Waals surface area contributed by atoms with E-state index in [9.17, 15) is 8.78 Å². The lowest BCUT2D eigenvalue weighted by molar-refractivity contribution is 0.145. The maximum absolute atomic E-state index is 12.3. The molecule has 0 amide bonds. The lowest BCUT2D eigenvalue weighted by Gasteiger charge is -2.09. The van der Waals surface area contributed by atoms with E-state index in [1.54, 1.807) is 6.92 Å². The highest BCUT2D eigenvalue weighted by Crippen LogP contribution is 2.29. The molecule has 1 heterocycles. The molecule has 2 nitrogen and oxygen atoms in total. The van der Waals surface area contributed by atoms with Crippen molar-refractivity contribution in [3.8, 4) is 0 Å². The molecule has 1 rings (SSSR count). The minimum Gasteiger partial charge on any atom is -0.326 e. The molecule has 0 fully saturated rings. The summed E-state index contributed by atoms with van der Waals surface area (Å²) in [4.78, 5) is 3.63. The molecule has 2 N–H and O–H groups in total. The SMILES string of the molecule is Cc1cnc(C(F)F)c(Br)c1CN. The Labute approximate surface area is 83.3 Å². The Hall–Kier alpha value is -0.550. The Bertz CT molecular complexity index is 315. The summed E-state index contributed by atoms with van der Waals surface area (Å²) in [6, 6.07) is 0. The average molecular weight is 251 g/mol. The van der Waals surface area contributed by atoms with Crippen LogP contribution in [0, 0.1) is 6.92 Å². The molecule has 1 aromatic rings. The lowest BCUT2D eigenvalue weighted by atomic mass is 10.1. The largest absolute Gasteiger partial charge is 0.326 e. The third-order valence-electron chi connectivity index (χ3n) is 1.77. The number of alkyl halides is 2. The Balaban J connectivity index is 3.27. The molecule has 72 valence electrons. The van der Waals surface area contributed by atoms with Gasteiger partial charge in [-0.05, 0) is 34.0 Å². The van der Waals surface area contributed by atoms with Crippen molar-refractivity contribution >= 4 is 15.9 Å². The molecular formula is C8H9BrF2N2. The second-order valence-corrected chi connectivity index (χ2v) is 3.42. The van der Waals surface area contributed by atoms with E-state index in [0.717, 1.165) is 5.56 Å². The van der Waals surface area contributed by atoms with Crippen LogP contribution in [0.1, 0.15) is 23.2 Å². The molecule has 0 aliphatic heterocycles. The maximum Gasteiger partial charge on any atom is 0.281 e. The van der Waals surface area contributed by atoms with Gasteiger partial charge in [-0.25, -0.2) is 8.78 Å². The summed E-state index contributed by atoms with van der Waals surface area (Å²) in [6.45, 7) is 2.02. The van der Waals surface area contributed by atoms with Gasteiger partial charge in [0.2, 0.25) is 0 Å². The highest BCUT2D eigenvalue weighted by molar-refractivity contribution is 9.10. The third-order valence-corrected chi connectivity index (χ3v) is 2.66. The Kier molecular flexibility index (Phi) is 3.33. The number of nitrogens with two attached hydrogens (primary N) is 1. The Morgan fingerprint density at radius 1 is 1.62 bits per heavy atom. The van der Waals surface area contributed by atoms with Gasteiger partial charge in [-0.15, -0.1) is 0 Å². The second kappa shape index (κ2) is 4.11. The smallest absolute Gasteiger partial charge is 0.281 e. The van der Waals surface area contributed by atoms with Crippen molar-refractivity contribution in [2.75, 3.05) is 0 Å². The zero-order valence-corrected chi connectivity index (χ0v) is 8.61. The molecule has 0 unspecified atom stereocenters. The number of nitrogens with zero attached hydrogens (tertiary/aromatic N) is 1. The van der Waals surface area contributed by atoms with Crippen LogP contribution in [0.4, 0.5) is 8.78 Å². The maximum atomic E-state index is 12.3. The van der Waals surface area contributed by atoms with E-state index in [-0.39, 0.29) is 12.2 Å². The van der Waals surface area contributed by atoms with Gasteiger partial charge in [-0.1, -0.05) is 0 Å². The predicted molar refractivity (Wildman–Crippen MR) is 49.5 cm³/mol. The number of aryl methyl sites for hydroxylation is 1. The van der Waals surface area contributed by atoms with Crippen molar-refractivity contribution in [1.29, 1.82) is 0 Å². The van der Waals surface area contributed by atoms with Crippen LogP contribution in [0.2, 0.25) is 0 Å². The van der Waals surface area contributed by atoms with E-state index in [0.29, 0.717) is 10.0 Å². The molecular weight excluding hydrogens is 242 g/mol. The van der Waals surface area contributed by atoms with Crippen LogP contribution < -0.4 is 5.73 Å². The van der Waals surface area contributed by atoms with Crippen molar-refractivity contribution in [3.63, 3.8) is 0 Å². The van der Waals surface area contributed by atoms with Gasteiger partial charge in [0.1, 0.15) is 5.69 Å². The van der Waals surface area contributed by atoms with Crippen LogP contribution in [0.25, 0.3) is 0 Å². The number of aromatic nitrogens is 1. The van der Waals surface area contributed by atoms with Crippen molar-refractivity contribution < 1.29 is 8.78 Å². The molecule has 0 atom stereocenters. The van der Waals surface area contributed by atoms with Crippen LogP contribution in [-0.4, -0.2) is 4.98 Å². The van der Waals surface area contributed by atoms with Gasteiger partial charge in [-0.2, -0.15) is 0 Å². The number of pyridine rings is 1. The fourth-order valence-electron chi connectivity index (χ4n) is 1.03. The zero-order chi connectivity index (χ0) is 10.0. The minimum atomic E-state index is -2.57. The number of halogens is 3. The van der Waals surface area contributed by atoms with Crippen LogP contribution in [-0.2, 0) is 6.54 Å². The third kappa shape index (κ3) is 2.03. The lowest BCUT2D eigenvalue weighted by Crippen LogP contribution is -2.04. The summed E-state index contributed by atoms with van der Waals surface area (Å²) in [6.07, 6.45) is -1.16. The molecule has 1 aromatic heterocycles.